The van der Waals surface area contributed by atoms with Crippen LogP contribution in [-0.2, 0) is 0 Å². The molecule has 0 spiro atoms. The standard InChI is InChI=1S/C12H10N2/c13-7-10(8-14)12-6-5-9-3-1-2-4-11(9)12/h1-2,4,9H,3,5-6H2. The lowest BCUT2D eigenvalue weighted by molar-refractivity contribution is 0.633. The summed E-state index contributed by atoms with van der Waals surface area (Å²) in [5.41, 5.74) is 2.49. The molecule has 2 aliphatic carbocycles. The van der Waals surface area contributed by atoms with Gasteiger partial charge in [-0.15, -0.1) is 0 Å². The molecule has 2 aliphatic rings. The van der Waals surface area contributed by atoms with Gasteiger partial charge in [-0.1, -0.05) is 18.2 Å². The summed E-state index contributed by atoms with van der Waals surface area (Å²) in [6, 6.07) is 3.96. The Morgan fingerprint density at radius 1 is 1.36 bits per heavy atom. The van der Waals surface area contributed by atoms with Gasteiger partial charge in [-0.05, 0) is 36.3 Å². The summed E-state index contributed by atoms with van der Waals surface area (Å²) in [5.74, 6) is 0.548. The minimum absolute atomic E-state index is 0.300. The van der Waals surface area contributed by atoms with Crippen LogP contribution in [0.2, 0.25) is 0 Å². The first-order valence-corrected chi connectivity index (χ1v) is 4.77. The zero-order chi connectivity index (χ0) is 9.97. The summed E-state index contributed by atoms with van der Waals surface area (Å²) in [7, 11) is 0. The van der Waals surface area contributed by atoms with Crippen LogP contribution in [0.15, 0.2) is 34.9 Å². The van der Waals surface area contributed by atoms with Gasteiger partial charge in [0.1, 0.15) is 17.7 Å². The number of rotatable bonds is 0. The zero-order valence-corrected chi connectivity index (χ0v) is 7.83. The van der Waals surface area contributed by atoms with Crippen molar-refractivity contribution in [2.75, 3.05) is 0 Å². The van der Waals surface area contributed by atoms with Crippen molar-refractivity contribution in [1.82, 2.24) is 0 Å². The fraction of sp³-hybridized carbons (Fsp3) is 0.333. The minimum Gasteiger partial charge on any atom is -0.192 e. The fourth-order valence-electron chi connectivity index (χ4n) is 2.19. The van der Waals surface area contributed by atoms with E-state index in [-0.39, 0.29) is 0 Å². The molecule has 0 radical (unpaired) electrons. The Morgan fingerprint density at radius 3 is 2.86 bits per heavy atom. The molecule has 0 aromatic rings. The van der Waals surface area contributed by atoms with Crippen molar-refractivity contribution in [3.8, 4) is 12.1 Å². The van der Waals surface area contributed by atoms with Crippen molar-refractivity contribution in [3.05, 3.63) is 34.9 Å². The van der Waals surface area contributed by atoms with Crippen molar-refractivity contribution in [2.45, 2.75) is 19.3 Å². The van der Waals surface area contributed by atoms with Crippen LogP contribution >= 0.6 is 0 Å². The lowest BCUT2D eigenvalue weighted by Gasteiger charge is -2.12. The Balaban J connectivity index is 2.46. The summed E-state index contributed by atoms with van der Waals surface area (Å²) in [5, 5.41) is 17.6. The van der Waals surface area contributed by atoms with E-state index < -0.39 is 0 Å². The van der Waals surface area contributed by atoms with Crippen LogP contribution < -0.4 is 0 Å². The second kappa shape index (κ2) is 3.52. The van der Waals surface area contributed by atoms with E-state index in [9.17, 15) is 0 Å². The highest BCUT2D eigenvalue weighted by Crippen LogP contribution is 2.41. The van der Waals surface area contributed by atoms with Gasteiger partial charge in [-0.3, -0.25) is 0 Å². The number of nitrogens with zero attached hydrogens (tertiary/aromatic N) is 2. The van der Waals surface area contributed by atoms with Crippen LogP contribution in [0.4, 0.5) is 0 Å². The maximum absolute atomic E-state index is 8.80. The highest BCUT2D eigenvalue weighted by molar-refractivity contribution is 5.53. The fourth-order valence-corrected chi connectivity index (χ4v) is 2.19. The Kier molecular flexibility index (Phi) is 2.21. The second-order valence-corrected chi connectivity index (χ2v) is 3.60. The molecule has 0 saturated heterocycles. The average Bonchev–Trinajstić information content (AvgIpc) is 2.65. The van der Waals surface area contributed by atoms with Crippen LogP contribution in [0.25, 0.3) is 0 Å². The third kappa shape index (κ3) is 1.26. The molecule has 0 aromatic heterocycles. The van der Waals surface area contributed by atoms with Gasteiger partial charge in [-0.25, -0.2) is 0 Å². The summed E-state index contributed by atoms with van der Waals surface area (Å²) < 4.78 is 0. The third-order valence-corrected chi connectivity index (χ3v) is 2.89. The van der Waals surface area contributed by atoms with Gasteiger partial charge in [0.2, 0.25) is 0 Å². The topological polar surface area (TPSA) is 47.6 Å². The van der Waals surface area contributed by atoms with Crippen LogP contribution in [0.3, 0.4) is 0 Å². The van der Waals surface area contributed by atoms with E-state index in [4.69, 9.17) is 10.5 Å². The summed E-state index contributed by atoms with van der Waals surface area (Å²) in [6.07, 6.45) is 9.23. The molecule has 0 N–H and O–H groups in total. The maximum Gasteiger partial charge on any atom is 0.133 e. The second-order valence-electron chi connectivity index (χ2n) is 3.60. The van der Waals surface area contributed by atoms with E-state index in [0.29, 0.717) is 11.5 Å². The van der Waals surface area contributed by atoms with Crippen LogP contribution in [0.1, 0.15) is 19.3 Å². The van der Waals surface area contributed by atoms with Crippen molar-refractivity contribution < 1.29 is 0 Å². The molecular formula is C12H10N2. The lowest BCUT2D eigenvalue weighted by atomic mass is 9.92. The molecule has 2 heteroatoms. The zero-order valence-electron chi connectivity index (χ0n) is 7.83. The summed E-state index contributed by atoms with van der Waals surface area (Å²) in [4.78, 5) is 0. The highest BCUT2D eigenvalue weighted by Gasteiger charge is 2.27. The third-order valence-electron chi connectivity index (χ3n) is 2.89. The SMILES string of the molecule is N#CC(C#N)=C1CCC2CC=CC=C12. The van der Waals surface area contributed by atoms with Crippen molar-refractivity contribution in [1.29, 1.82) is 10.5 Å². The molecule has 1 fully saturated rings. The monoisotopic (exact) mass is 182 g/mol. The number of fused-ring (bicyclic) bond motifs is 1. The predicted molar refractivity (Wildman–Crippen MR) is 52.8 cm³/mol. The molecule has 0 amide bonds. The minimum atomic E-state index is 0.300. The van der Waals surface area contributed by atoms with E-state index in [2.05, 4.69) is 6.08 Å². The number of hydrogen-bond acceptors (Lipinski definition) is 2. The van der Waals surface area contributed by atoms with Crippen molar-refractivity contribution >= 4 is 0 Å². The average molecular weight is 182 g/mol. The number of allylic oxidation sites excluding steroid dienone is 6. The maximum atomic E-state index is 8.80. The molecule has 0 heterocycles. The first-order valence-electron chi connectivity index (χ1n) is 4.77. The largest absolute Gasteiger partial charge is 0.192 e. The molecule has 0 aromatic carbocycles. The van der Waals surface area contributed by atoms with Gasteiger partial charge in [0, 0.05) is 0 Å². The Morgan fingerprint density at radius 2 is 2.14 bits per heavy atom. The molecule has 2 rings (SSSR count). The van der Waals surface area contributed by atoms with E-state index >= 15 is 0 Å². The van der Waals surface area contributed by atoms with Crippen LogP contribution in [0.5, 0.6) is 0 Å². The molecule has 1 saturated carbocycles. The van der Waals surface area contributed by atoms with Crippen molar-refractivity contribution in [2.24, 2.45) is 5.92 Å². The smallest absolute Gasteiger partial charge is 0.133 e. The predicted octanol–water partition coefficient (Wildman–Crippen LogP) is 2.63. The van der Waals surface area contributed by atoms with E-state index in [1.807, 2.05) is 24.3 Å². The summed E-state index contributed by atoms with van der Waals surface area (Å²) in [6.45, 7) is 0. The molecule has 68 valence electrons. The number of nitriles is 2. The molecule has 0 aliphatic heterocycles. The molecule has 14 heavy (non-hydrogen) atoms. The summed E-state index contributed by atoms with van der Waals surface area (Å²) >= 11 is 0. The van der Waals surface area contributed by atoms with Gasteiger partial charge in [-0.2, -0.15) is 10.5 Å². The molecule has 0 bridgehead atoms. The quantitative estimate of drug-likeness (QED) is 0.540. The molecule has 1 unspecified atom stereocenters. The van der Waals surface area contributed by atoms with E-state index in [1.165, 1.54) is 5.57 Å². The van der Waals surface area contributed by atoms with E-state index in [0.717, 1.165) is 24.8 Å². The Bertz CT molecular complexity index is 408. The Hall–Kier alpha value is -1.80. The first kappa shape index (κ1) is 8.78. The van der Waals surface area contributed by atoms with Crippen LogP contribution in [0, 0.1) is 28.6 Å². The van der Waals surface area contributed by atoms with Gasteiger partial charge in [0.25, 0.3) is 0 Å². The lowest BCUT2D eigenvalue weighted by Crippen LogP contribution is -1.99. The number of hydrogen-bond donors (Lipinski definition) is 0. The van der Waals surface area contributed by atoms with Gasteiger partial charge >= 0.3 is 0 Å². The Labute approximate surface area is 83.5 Å². The molecule has 1 atom stereocenters. The van der Waals surface area contributed by atoms with Gasteiger partial charge in [0.05, 0.1) is 0 Å². The molecule has 2 nitrogen and oxygen atoms in total. The first-order chi connectivity index (χ1) is 6.86. The van der Waals surface area contributed by atoms with Crippen molar-refractivity contribution in [3.63, 3.8) is 0 Å². The van der Waals surface area contributed by atoms with Gasteiger partial charge in [0.15, 0.2) is 0 Å². The van der Waals surface area contributed by atoms with Crippen LogP contribution in [-0.4, -0.2) is 0 Å². The van der Waals surface area contributed by atoms with Gasteiger partial charge < -0.3 is 0 Å². The normalized spacial score (nSPS) is 23.4. The highest BCUT2D eigenvalue weighted by atomic mass is 14.3. The molecular weight excluding hydrogens is 172 g/mol. The van der Waals surface area contributed by atoms with E-state index in [1.54, 1.807) is 0 Å².